The Morgan fingerprint density at radius 2 is 1.89 bits per heavy atom. The first-order valence-corrected chi connectivity index (χ1v) is 7.31. The van der Waals surface area contributed by atoms with E-state index in [0.29, 0.717) is 6.04 Å². The lowest BCUT2D eigenvalue weighted by Crippen LogP contribution is -2.35. The van der Waals surface area contributed by atoms with Crippen molar-refractivity contribution in [3.05, 3.63) is 23.4 Å². The second-order valence-corrected chi connectivity index (χ2v) is 6.50. The first kappa shape index (κ1) is 16.0. The van der Waals surface area contributed by atoms with E-state index in [1.165, 1.54) is 11.3 Å². The van der Waals surface area contributed by atoms with E-state index < -0.39 is 0 Å². The quantitative estimate of drug-likeness (QED) is 0.821. The Balaban J connectivity index is 2.86. The van der Waals surface area contributed by atoms with Crippen molar-refractivity contribution in [3.63, 3.8) is 0 Å². The molecule has 0 aliphatic carbocycles. The molecule has 0 spiro atoms. The zero-order valence-electron chi connectivity index (χ0n) is 13.3. The number of nitrogens with zero attached hydrogens (tertiary/aromatic N) is 1. The minimum absolute atomic E-state index is 0.139. The summed E-state index contributed by atoms with van der Waals surface area (Å²) < 4.78 is 0. The van der Waals surface area contributed by atoms with Gasteiger partial charge in [-0.25, -0.2) is 4.98 Å². The van der Waals surface area contributed by atoms with Crippen LogP contribution in [0.25, 0.3) is 0 Å². The molecule has 0 atom stereocenters. The van der Waals surface area contributed by atoms with Gasteiger partial charge < -0.3 is 10.6 Å². The predicted molar refractivity (Wildman–Crippen MR) is 83.6 cm³/mol. The zero-order chi connectivity index (χ0) is 14.5. The Morgan fingerprint density at radius 1 is 1.21 bits per heavy atom. The highest BCUT2D eigenvalue weighted by molar-refractivity contribution is 5.40. The number of pyridine rings is 1. The van der Waals surface area contributed by atoms with Crippen LogP contribution in [-0.2, 0) is 13.0 Å². The van der Waals surface area contributed by atoms with E-state index >= 15 is 0 Å². The molecule has 3 heteroatoms. The molecule has 0 aliphatic rings. The topological polar surface area (TPSA) is 37.0 Å². The molecule has 0 amide bonds. The third kappa shape index (κ3) is 6.58. The average molecular weight is 263 g/mol. The van der Waals surface area contributed by atoms with Gasteiger partial charge in [-0.15, -0.1) is 0 Å². The van der Waals surface area contributed by atoms with Gasteiger partial charge >= 0.3 is 0 Å². The molecule has 108 valence electrons. The van der Waals surface area contributed by atoms with Gasteiger partial charge in [-0.1, -0.05) is 13.3 Å². The van der Waals surface area contributed by atoms with Gasteiger partial charge in [-0.3, -0.25) is 0 Å². The van der Waals surface area contributed by atoms with Crippen molar-refractivity contribution < 1.29 is 0 Å². The lowest BCUT2D eigenvalue weighted by Gasteiger charge is -2.21. The van der Waals surface area contributed by atoms with Gasteiger partial charge in [0.05, 0.1) is 0 Å². The first-order chi connectivity index (χ1) is 8.80. The number of nitrogens with one attached hydrogen (secondary N) is 2. The highest BCUT2D eigenvalue weighted by Gasteiger charge is 2.10. The Morgan fingerprint density at radius 3 is 2.42 bits per heavy atom. The van der Waals surface area contributed by atoms with E-state index in [9.17, 15) is 0 Å². The van der Waals surface area contributed by atoms with Gasteiger partial charge in [-0.2, -0.15) is 0 Å². The molecule has 2 N–H and O–H groups in total. The van der Waals surface area contributed by atoms with Crippen LogP contribution in [0.15, 0.2) is 12.1 Å². The smallest absolute Gasteiger partial charge is 0.126 e. The van der Waals surface area contributed by atoms with Gasteiger partial charge in [0.2, 0.25) is 0 Å². The first-order valence-electron chi connectivity index (χ1n) is 7.31. The number of hydrogen-bond acceptors (Lipinski definition) is 3. The summed E-state index contributed by atoms with van der Waals surface area (Å²) in [5.41, 5.74) is 2.62. The third-order valence-electron chi connectivity index (χ3n) is 2.70. The van der Waals surface area contributed by atoms with Crippen LogP contribution in [0.1, 0.15) is 59.2 Å². The molecule has 3 nitrogen and oxygen atoms in total. The van der Waals surface area contributed by atoms with Crippen molar-refractivity contribution in [2.24, 2.45) is 0 Å². The monoisotopic (exact) mass is 263 g/mol. The lowest BCUT2D eigenvalue weighted by molar-refractivity contribution is 0.424. The second-order valence-electron chi connectivity index (χ2n) is 6.50. The van der Waals surface area contributed by atoms with E-state index in [1.54, 1.807) is 0 Å². The normalized spacial score (nSPS) is 11.9. The minimum Gasteiger partial charge on any atom is -0.368 e. The molecule has 0 aromatic carbocycles. The summed E-state index contributed by atoms with van der Waals surface area (Å²) in [6, 6.07) is 4.78. The molecular formula is C16H29N3. The molecular weight excluding hydrogens is 234 g/mol. The van der Waals surface area contributed by atoms with Gasteiger partial charge in [0, 0.05) is 23.8 Å². The van der Waals surface area contributed by atoms with E-state index in [-0.39, 0.29) is 5.54 Å². The van der Waals surface area contributed by atoms with E-state index in [0.717, 1.165) is 25.2 Å². The van der Waals surface area contributed by atoms with Crippen LogP contribution in [0.3, 0.4) is 0 Å². The van der Waals surface area contributed by atoms with Gasteiger partial charge in [0.1, 0.15) is 5.82 Å². The van der Waals surface area contributed by atoms with Crippen LogP contribution in [0.2, 0.25) is 0 Å². The van der Waals surface area contributed by atoms with Crippen LogP contribution in [0, 0.1) is 0 Å². The molecule has 0 saturated carbocycles. The zero-order valence-corrected chi connectivity index (χ0v) is 13.3. The van der Waals surface area contributed by atoms with E-state index in [1.807, 2.05) is 0 Å². The molecule has 0 aliphatic heterocycles. The lowest BCUT2D eigenvalue weighted by atomic mass is 10.1. The SMILES string of the molecule is CCCc1cc(CNC(C)(C)C)cc(NC(C)C)n1. The van der Waals surface area contributed by atoms with Crippen molar-refractivity contribution in [1.29, 1.82) is 0 Å². The summed E-state index contributed by atoms with van der Waals surface area (Å²) >= 11 is 0. The molecule has 0 unspecified atom stereocenters. The van der Waals surface area contributed by atoms with Crippen LogP contribution < -0.4 is 10.6 Å². The molecule has 1 aromatic rings. The number of aromatic nitrogens is 1. The summed E-state index contributed by atoms with van der Waals surface area (Å²) in [5, 5.41) is 6.93. The number of hydrogen-bond donors (Lipinski definition) is 2. The van der Waals surface area contributed by atoms with Crippen molar-refractivity contribution in [3.8, 4) is 0 Å². The fraction of sp³-hybridized carbons (Fsp3) is 0.688. The van der Waals surface area contributed by atoms with E-state index in [2.05, 4.69) is 69.3 Å². The Bertz CT molecular complexity index is 391. The van der Waals surface area contributed by atoms with Gasteiger partial charge in [0.25, 0.3) is 0 Å². The van der Waals surface area contributed by atoms with E-state index in [4.69, 9.17) is 0 Å². The van der Waals surface area contributed by atoms with Crippen molar-refractivity contribution >= 4 is 5.82 Å². The number of anilines is 1. The molecule has 1 rings (SSSR count). The molecule has 0 radical (unpaired) electrons. The fourth-order valence-corrected chi connectivity index (χ4v) is 1.87. The van der Waals surface area contributed by atoms with Crippen molar-refractivity contribution in [2.45, 2.75) is 72.5 Å². The maximum atomic E-state index is 4.67. The third-order valence-corrected chi connectivity index (χ3v) is 2.70. The summed E-state index contributed by atoms with van der Waals surface area (Å²) in [6.45, 7) is 13.9. The molecule has 1 aromatic heterocycles. The Labute approximate surface area is 118 Å². The molecule has 0 fully saturated rings. The van der Waals surface area contributed by atoms with Crippen molar-refractivity contribution in [2.75, 3.05) is 5.32 Å². The molecule has 0 bridgehead atoms. The van der Waals surface area contributed by atoms with Gasteiger partial charge in [0.15, 0.2) is 0 Å². The van der Waals surface area contributed by atoms with Crippen LogP contribution >= 0.6 is 0 Å². The summed E-state index contributed by atoms with van der Waals surface area (Å²) in [5.74, 6) is 0.992. The van der Waals surface area contributed by atoms with Crippen LogP contribution in [0.4, 0.5) is 5.82 Å². The average Bonchev–Trinajstić information content (AvgIpc) is 2.24. The van der Waals surface area contributed by atoms with Crippen molar-refractivity contribution in [1.82, 2.24) is 10.3 Å². The summed E-state index contributed by atoms with van der Waals surface area (Å²) in [6.07, 6.45) is 2.17. The maximum Gasteiger partial charge on any atom is 0.126 e. The van der Waals surface area contributed by atoms with Gasteiger partial charge in [-0.05, 0) is 58.7 Å². The second kappa shape index (κ2) is 6.90. The fourth-order valence-electron chi connectivity index (χ4n) is 1.87. The number of aryl methyl sites for hydroxylation is 1. The molecule has 0 saturated heterocycles. The summed E-state index contributed by atoms with van der Waals surface area (Å²) in [7, 11) is 0. The minimum atomic E-state index is 0.139. The maximum absolute atomic E-state index is 4.67. The molecule has 1 heterocycles. The summed E-state index contributed by atoms with van der Waals surface area (Å²) in [4.78, 5) is 4.67. The largest absolute Gasteiger partial charge is 0.368 e. The predicted octanol–water partition coefficient (Wildman–Crippen LogP) is 3.74. The highest BCUT2D eigenvalue weighted by atomic mass is 15.0. The highest BCUT2D eigenvalue weighted by Crippen LogP contribution is 2.14. The number of rotatable bonds is 6. The van der Waals surface area contributed by atoms with Crippen LogP contribution in [-0.4, -0.2) is 16.6 Å². The Hall–Kier alpha value is -1.09. The molecule has 19 heavy (non-hydrogen) atoms. The standard InChI is InChI=1S/C16H29N3/c1-7-8-14-9-13(11-17-16(4,5)6)10-15(19-14)18-12(2)3/h9-10,12,17H,7-8,11H2,1-6H3,(H,18,19). The Kier molecular flexibility index (Phi) is 5.80. The van der Waals surface area contributed by atoms with Crippen LogP contribution in [0.5, 0.6) is 0 Å².